The number of hydrogen-bond donors (Lipinski definition) is 2. The predicted molar refractivity (Wildman–Crippen MR) is 85.0 cm³/mol. The molecule has 2 N–H and O–H groups in total. The van der Waals surface area contributed by atoms with E-state index in [2.05, 4.69) is 12.2 Å². The number of aliphatic hydroxyl groups excluding tert-OH is 1. The summed E-state index contributed by atoms with van der Waals surface area (Å²) >= 11 is 0. The van der Waals surface area contributed by atoms with E-state index in [9.17, 15) is 9.90 Å². The van der Waals surface area contributed by atoms with E-state index < -0.39 is 6.10 Å². The fourth-order valence-corrected chi connectivity index (χ4v) is 5.76. The van der Waals surface area contributed by atoms with E-state index in [4.69, 9.17) is 0 Å². The molecular weight excluding hydrogens is 274 g/mol. The minimum absolute atomic E-state index is 0.232. The van der Waals surface area contributed by atoms with Gasteiger partial charge in [0.25, 0.3) is 5.91 Å². The minimum atomic E-state index is -1.05. The molecule has 0 spiro atoms. The molecule has 4 aliphatic rings. The van der Waals surface area contributed by atoms with Gasteiger partial charge in [-0.1, -0.05) is 37.3 Å². The maximum absolute atomic E-state index is 12.5. The lowest BCUT2D eigenvalue weighted by Crippen LogP contribution is -2.61. The molecule has 118 valence electrons. The van der Waals surface area contributed by atoms with Gasteiger partial charge in [-0.15, -0.1) is 0 Å². The van der Waals surface area contributed by atoms with Crippen LogP contribution in [0.5, 0.6) is 0 Å². The Balaban J connectivity index is 1.50. The largest absolute Gasteiger partial charge is 0.378 e. The Hall–Kier alpha value is -1.35. The molecule has 6 atom stereocenters. The highest BCUT2D eigenvalue weighted by molar-refractivity contribution is 5.82. The molecule has 4 fully saturated rings. The maximum Gasteiger partial charge on any atom is 0.253 e. The molecule has 3 nitrogen and oxygen atoms in total. The standard InChI is InChI=1S/C19H25NO2/c1-19-10-12-7-13(11-19)9-15(8-12)17(19)20-18(22)16(21)14-5-3-2-4-6-14/h2-6,12-13,15-17,21H,7-11H2,1H3,(H,20,22)/t12-,13+,15?,16?,17?,19?. The van der Waals surface area contributed by atoms with Crippen molar-refractivity contribution >= 4 is 5.91 Å². The number of rotatable bonds is 3. The van der Waals surface area contributed by atoms with Gasteiger partial charge in [-0.3, -0.25) is 4.79 Å². The molecular formula is C19H25NO2. The molecule has 4 aliphatic carbocycles. The Labute approximate surface area is 132 Å². The molecule has 4 unspecified atom stereocenters. The van der Waals surface area contributed by atoms with E-state index in [0.29, 0.717) is 11.5 Å². The summed E-state index contributed by atoms with van der Waals surface area (Å²) in [6.45, 7) is 2.34. The second-order valence-corrected chi connectivity index (χ2v) is 8.06. The second-order valence-electron chi connectivity index (χ2n) is 8.06. The van der Waals surface area contributed by atoms with Crippen molar-refractivity contribution in [1.82, 2.24) is 5.32 Å². The van der Waals surface area contributed by atoms with Crippen LogP contribution < -0.4 is 5.32 Å². The predicted octanol–water partition coefficient (Wildman–Crippen LogP) is 3.05. The first-order valence-electron chi connectivity index (χ1n) is 8.58. The summed E-state index contributed by atoms with van der Waals surface area (Å²) < 4.78 is 0. The summed E-state index contributed by atoms with van der Waals surface area (Å²) in [6, 6.07) is 9.47. The molecule has 0 aliphatic heterocycles. The van der Waals surface area contributed by atoms with Gasteiger partial charge in [0.15, 0.2) is 6.10 Å². The first-order valence-corrected chi connectivity index (χ1v) is 8.58. The Kier molecular flexibility index (Phi) is 3.30. The van der Waals surface area contributed by atoms with Crippen LogP contribution in [0.4, 0.5) is 0 Å². The van der Waals surface area contributed by atoms with E-state index >= 15 is 0 Å². The second kappa shape index (κ2) is 5.09. The van der Waals surface area contributed by atoms with Crippen molar-refractivity contribution in [2.45, 2.75) is 51.2 Å². The van der Waals surface area contributed by atoms with Crippen LogP contribution in [0.25, 0.3) is 0 Å². The summed E-state index contributed by atoms with van der Waals surface area (Å²) in [6.07, 6.45) is 5.36. The quantitative estimate of drug-likeness (QED) is 0.901. The van der Waals surface area contributed by atoms with Crippen LogP contribution >= 0.6 is 0 Å². The van der Waals surface area contributed by atoms with Crippen LogP contribution in [0.2, 0.25) is 0 Å². The van der Waals surface area contributed by atoms with Crippen LogP contribution in [0.15, 0.2) is 30.3 Å². The van der Waals surface area contributed by atoms with Crippen LogP contribution in [0.3, 0.4) is 0 Å². The van der Waals surface area contributed by atoms with Crippen LogP contribution in [0, 0.1) is 23.2 Å². The first-order chi connectivity index (χ1) is 10.5. The van der Waals surface area contributed by atoms with Gasteiger partial charge < -0.3 is 10.4 Å². The van der Waals surface area contributed by atoms with Crippen LogP contribution in [-0.4, -0.2) is 17.1 Å². The van der Waals surface area contributed by atoms with Crippen molar-refractivity contribution in [2.75, 3.05) is 0 Å². The Morgan fingerprint density at radius 1 is 1.18 bits per heavy atom. The molecule has 0 saturated heterocycles. The summed E-state index contributed by atoms with van der Waals surface area (Å²) in [5.41, 5.74) is 0.912. The number of carbonyl (C=O) groups is 1. The minimum Gasteiger partial charge on any atom is -0.378 e. The molecule has 4 saturated carbocycles. The number of benzene rings is 1. The normalized spacial score (nSPS) is 40.5. The number of amides is 1. The smallest absolute Gasteiger partial charge is 0.253 e. The Morgan fingerprint density at radius 3 is 2.41 bits per heavy atom. The molecule has 3 heteroatoms. The zero-order chi connectivity index (χ0) is 15.3. The Morgan fingerprint density at radius 2 is 1.82 bits per heavy atom. The lowest BCUT2D eigenvalue weighted by molar-refractivity contribution is -0.137. The molecule has 22 heavy (non-hydrogen) atoms. The van der Waals surface area contributed by atoms with E-state index in [1.54, 1.807) is 0 Å². The third-order valence-electron chi connectivity index (χ3n) is 6.33. The van der Waals surface area contributed by atoms with Crippen LogP contribution in [0.1, 0.15) is 50.7 Å². The van der Waals surface area contributed by atoms with Crippen molar-refractivity contribution < 1.29 is 9.90 Å². The van der Waals surface area contributed by atoms with Gasteiger partial charge in [-0.05, 0) is 60.8 Å². The number of nitrogens with one attached hydrogen (secondary N) is 1. The molecule has 1 aromatic rings. The summed E-state index contributed by atoms with van der Waals surface area (Å²) in [4.78, 5) is 12.5. The average Bonchev–Trinajstić information content (AvgIpc) is 2.50. The summed E-state index contributed by atoms with van der Waals surface area (Å²) in [5, 5.41) is 13.5. The average molecular weight is 299 g/mol. The molecule has 1 amide bonds. The molecule has 5 rings (SSSR count). The fourth-order valence-electron chi connectivity index (χ4n) is 5.76. The highest BCUT2D eigenvalue weighted by Crippen LogP contribution is 2.59. The summed E-state index contributed by atoms with van der Waals surface area (Å²) in [7, 11) is 0. The molecule has 0 radical (unpaired) electrons. The zero-order valence-corrected chi connectivity index (χ0v) is 13.2. The lowest BCUT2D eigenvalue weighted by Gasteiger charge is -2.60. The SMILES string of the molecule is CC12C[C@@H]3CC(C[C@@H](C3)C1)C2NC(=O)C(O)c1ccccc1. The highest BCUT2D eigenvalue weighted by atomic mass is 16.3. The van der Waals surface area contributed by atoms with Gasteiger partial charge in [-0.2, -0.15) is 0 Å². The summed E-state index contributed by atoms with van der Waals surface area (Å²) in [5.74, 6) is 2.12. The maximum atomic E-state index is 12.5. The van der Waals surface area contributed by atoms with Gasteiger partial charge in [0, 0.05) is 6.04 Å². The van der Waals surface area contributed by atoms with Gasteiger partial charge >= 0.3 is 0 Å². The van der Waals surface area contributed by atoms with E-state index in [1.165, 1.54) is 32.1 Å². The lowest BCUT2D eigenvalue weighted by atomic mass is 9.48. The molecule has 1 aromatic carbocycles. The first kappa shape index (κ1) is 14.3. The number of carbonyl (C=O) groups excluding carboxylic acids is 1. The van der Waals surface area contributed by atoms with Crippen molar-refractivity contribution in [1.29, 1.82) is 0 Å². The molecule has 4 bridgehead atoms. The number of aliphatic hydroxyl groups is 1. The monoisotopic (exact) mass is 299 g/mol. The Bertz CT molecular complexity index is 556. The van der Waals surface area contributed by atoms with E-state index in [1.807, 2.05) is 30.3 Å². The molecule has 0 aromatic heterocycles. The van der Waals surface area contributed by atoms with Crippen LogP contribution in [-0.2, 0) is 4.79 Å². The third kappa shape index (κ3) is 2.26. The van der Waals surface area contributed by atoms with E-state index in [0.717, 1.165) is 11.8 Å². The fraction of sp³-hybridized carbons (Fsp3) is 0.632. The van der Waals surface area contributed by atoms with Crippen molar-refractivity contribution in [2.24, 2.45) is 23.2 Å². The molecule has 0 heterocycles. The third-order valence-corrected chi connectivity index (χ3v) is 6.33. The topological polar surface area (TPSA) is 49.3 Å². The van der Waals surface area contributed by atoms with Crippen molar-refractivity contribution in [3.8, 4) is 0 Å². The highest BCUT2D eigenvalue weighted by Gasteiger charge is 2.55. The van der Waals surface area contributed by atoms with Gasteiger partial charge in [0.1, 0.15) is 0 Å². The van der Waals surface area contributed by atoms with Gasteiger partial charge in [0.2, 0.25) is 0 Å². The van der Waals surface area contributed by atoms with Crippen molar-refractivity contribution in [3.63, 3.8) is 0 Å². The van der Waals surface area contributed by atoms with Gasteiger partial charge in [0.05, 0.1) is 0 Å². The van der Waals surface area contributed by atoms with Crippen molar-refractivity contribution in [3.05, 3.63) is 35.9 Å². The number of hydrogen-bond acceptors (Lipinski definition) is 2. The zero-order valence-electron chi connectivity index (χ0n) is 13.2. The van der Waals surface area contributed by atoms with Gasteiger partial charge in [-0.25, -0.2) is 0 Å². The van der Waals surface area contributed by atoms with E-state index in [-0.39, 0.29) is 17.4 Å².